The largest absolute Gasteiger partial charge is 0.347 e. The van der Waals surface area contributed by atoms with Crippen molar-refractivity contribution in [1.82, 2.24) is 20.3 Å². The maximum atomic E-state index is 12.3. The molecular weight excluding hydrogens is 382 g/mol. The van der Waals surface area contributed by atoms with Gasteiger partial charge in [0.2, 0.25) is 5.95 Å². The van der Waals surface area contributed by atoms with Crippen LogP contribution in [0.25, 0.3) is 0 Å². The van der Waals surface area contributed by atoms with Gasteiger partial charge in [0.1, 0.15) is 5.69 Å². The number of aryl methyl sites for hydroxylation is 1. The van der Waals surface area contributed by atoms with E-state index in [1.165, 1.54) is 0 Å². The van der Waals surface area contributed by atoms with E-state index in [9.17, 15) is 4.79 Å². The third kappa shape index (κ3) is 4.60. The normalized spacial score (nSPS) is 10.3. The Labute approximate surface area is 153 Å². The number of anilines is 2. The van der Waals surface area contributed by atoms with E-state index in [2.05, 4.69) is 41.5 Å². The van der Waals surface area contributed by atoms with Crippen molar-refractivity contribution >= 4 is 33.5 Å². The van der Waals surface area contributed by atoms with Crippen molar-refractivity contribution in [3.8, 4) is 0 Å². The predicted molar refractivity (Wildman–Crippen MR) is 99.6 cm³/mol. The minimum Gasteiger partial charge on any atom is -0.347 e. The number of carbonyl (C=O) groups is 1. The van der Waals surface area contributed by atoms with Gasteiger partial charge in [-0.25, -0.2) is 9.97 Å². The van der Waals surface area contributed by atoms with E-state index in [0.717, 1.165) is 21.3 Å². The lowest BCUT2D eigenvalue weighted by Gasteiger charge is -2.09. The molecule has 0 fully saturated rings. The first-order valence-corrected chi connectivity index (χ1v) is 8.44. The highest BCUT2D eigenvalue weighted by atomic mass is 79.9. The Kier molecular flexibility index (Phi) is 5.35. The van der Waals surface area contributed by atoms with Crippen LogP contribution in [0.2, 0.25) is 0 Å². The van der Waals surface area contributed by atoms with Gasteiger partial charge in [0.05, 0.1) is 5.69 Å². The number of amides is 1. The SMILES string of the molecule is Cc1ccc(Nc2nccc(C(=O)NCc3ccncc3)n2)c(Br)c1. The molecule has 0 unspecified atom stereocenters. The lowest BCUT2D eigenvalue weighted by Crippen LogP contribution is -2.24. The zero-order valence-corrected chi connectivity index (χ0v) is 15.1. The highest BCUT2D eigenvalue weighted by Gasteiger charge is 2.09. The summed E-state index contributed by atoms with van der Waals surface area (Å²) >= 11 is 3.50. The van der Waals surface area contributed by atoms with E-state index in [-0.39, 0.29) is 5.91 Å². The average Bonchev–Trinajstić information content (AvgIpc) is 2.63. The first-order valence-electron chi connectivity index (χ1n) is 7.65. The van der Waals surface area contributed by atoms with E-state index in [1.54, 1.807) is 24.7 Å². The molecule has 0 aliphatic carbocycles. The van der Waals surface area contributed by atoms with Crippen molar-refractivity contribution in [1.29, 1.82) is 0 Å². The molecule has 2 N–H and O–H groups in total. The molecule has 0 aliphatic heterocycles. The summed E-state index contributed by atoms with van der Waals surface area (Å²) in [6.07, 6.45) is 4.93. The van der Waals surface area contributed by atoms with Gasteiger partial charge in [-0.1, -0.05) is 6.07 Å². The van der Waals surface area contributed by atoms with Gasteiger partial charge in [0, 0.05) is 29.6 Å². The molecule has 0 radical (unpaired) electrons. The fourth-order valence-electron chi connectivity index (χ4n) is 2.16. The molecule has 0 bridgehead atoms. The van der Waals surface area contributed by atoms with E-state index >= 15 is 0 Å². The van der Waals surface area contributed by atoms with Gasteiger partial charge < -0.3 is 10.6 Å². The summed E-state index contributed by atoms with van der Waals surface area (Å²) in [7, 11) is 0. The number of aromatic nitrogens is 3. The molecule has 1 amide bonds. The Bertz CT molecular complexity index is 886. The minimum atomic E-state index is -0.259. The molecular formula is C18H16BrN5O. The number of nitrogens with one attached hydrogen (secondary N) is 2. The van der Waals surface area contributed by atoms with Crippen molar-refractivity contribution in [2.75, 3.05) is 5.32 Å². The standard InChI is InChI=1S/C18H16BrN5O/c1-12-2-3-15(14(19)10-12)23-18-21-9-6-16(24-18)17(25)22-11-13-4-7-20-8-5-13/h2-10H,11H2,1H3,(H,22,25)(H,21,23,24). The van der Waals surface area contributed by atoms with Gasteiger partial charge in [0.25, 0.3) is 5.91 Å². The molecule has 0 aliphatic rings. The number of rotatable bonds is 5. The smallest absolute Gasteiger partial charge is 0.270 e. The molecule has 2 heterocycles. The topological polar surface area (TPSA) is 79.8 Å². The van der Waals surface area contributed by atoms with Gasteiger partial charge in [-0.3, -0.25) is 9.78 Å². The van der Waals surface area contributed by atoms with Gasteiger partial charge in [-0.2, -0.15) is 0 Å². The first kappa shape index (κ1) is 17.0. The molecule has 2 aromatic heterocycles. The third-order valence-corrected chi connectivity index (χ3v) is 4.12. The Morgan fingerprint density at radius 3 is 2.68 bits per heavy atom. The number of carbonyl (C=O) groups excluding carboxylic acids is 1. The number of pyridine rings is 1. The highest BCUT2D eigenvalue weighted by Crippen LogP contribution is 2.25. The summed E-state index contributed by atoms with van der Waals surface area (Å²) in [4.78, 5) is 24.7. The number of benzene rings is 1. The Morgan fingerprint density at radius 1 is 1.12 bits per heavy atom. The van der Waals surface area contributed by atoms with Crippen molar-refractivity contribution in [2.45, 2.75) is 13.5 Å². The Morgan fingerprint density at radius 2 is 1.92 bits per heavy atom. The summed E-state index contributed by atoms with van der Waals surface area (Å²) < 4.78 is 0.906. The van der Waals surface area contributed by atoms with Crippen molar-refractivity contribution in [3.63, 3.8) is 0 Å². The van der Waals surface area contributed by atoms with Crippen LogP contribution in [-0.4, -0.2) is 20.9 Å². The van der Waals surface area contributed by atoms with Gasteiger partial charge in [-0.15, -0.1) is 0 Å². The van der Waals surface area contributed by atoms with Crippen LogP contribution < -0.4 is 10.6 Å². The molecule has 1 aromatic carbocycles. The molecule has 0 spiro atoms. The molecule has 25 heavy (non-hydrogen) atoms. The first-order chi connectivity index (χ1) is 12.1. The summed E-state index contributed by atoms with van der Waals surface area (Å²) in [5.41, 5.74) is 3.25. The maximum absolute atomic E-state index is 12.3. The van der Waals surface area contributed by atoms with E-state index in [0.29, 0.717) is 18.2 Å². The monoisotopic (exact) mass is 397 g/mol. The molecule has 126 valence electrons. The van der Waals surface area contributed by atoms with Crippen LogP contribution in [-0.2, 0) is 6.54 Å². The Balaban J connectivity index is 1.69. The van der Waals surface area contributed by atoms with Crippen LogP contribution in [0.5, 0.6) is 0 Å². The molecule has 3 rings (SSSR count). The van der Waals surface area contributed by atoms with Crippen molar-refractivity contribution in [3.05, 3.63) is 76.3 Å². The molecule has 3 aromatic rings. The van der Waals surface area contributed by atoms with Crippen LogP contribution in [0, 0.1) is 6.92 Å². The number of hydrogen-bond donors (Lipinski definition) is 2. The summed E-state index contributed by atoms with van der Waals surface area (Å²) in [5.74, 6) is 0.103. The van der Waals surface area contributed by atoms with E-state index < -0.39 is 0 Å². The summed E-state index contributed by atoms with van der Waals surface area (Å²) in [5, 5.41) is 5.94. The number of nitrogens with zero attached hydrogens (tertiary/aromatic N) is 3. The fraction of sp³-hybridized carbons (Fsp3) is 0.111. The average molecular weight is 398 g/mol. The van der Waals surface area contributed by atoms with Crippen LogP contribution in [0.1, 0.15) is 21.6 Å². The quantitative estimate of drug-likeness (QED) is 0.687. The Hall–Kier alpha value is -2.80. The number of halogens is 1. The van der Waals surface area contributed by atoms with Crippen LogP contribution >= 0.6 is 15.9 Å². The van der Waals surface area contributed by atoms with Gasteiger partial charge in [-0.05, 0) is 64.3 Å². The molecule has 0 saturated carbocycles. The zero-order valence-electron chi connectivity index (χ0n) is 13.5. The van der Waals surface area contributed by atoms with Crippen LogP contribution in [0.4, 0.5) is 11.6 Å². The fourth-order valence-corrected chi connectivity index (χ4v) is 2.75. The van der Waals surface area contributed by atoms with Crippen molar-refractivity contribution < 1.29 is 4.79 Å². The molecule has 0 atom stereocenters. The van der Waals surface area contributed by atoms with Gasteiger partial charge in [0.15, 0.2) is 0 Å². The number of hydrogen-bond acceptors (Lipinski definition) is 5. The second-order valence-electron chi connectivity index (χ2n) is 5.41. The molecule has 0 saturated heterocycles. The molecule has 7 heteroatoms. The zero-order chi connectivity index (χ0) is 17.6. The summed E-state index contributed by atoms with van der Waals surface area (Å²) in [6, 6.07) is 11.2. The van der Waals surface area contributed by atoms with E-state index in [4.69, 9.17) is 0 Å². The van der Waals surface area contributed by atoms with Crippen molar-refractivity contribution in [2.24, 2.45) is 0 Å². The third-order valence-electron chi connectivity index (χ3n) is 3.46. The summed E-state index contributed by atoms with van der Waals surface area (Å²) in [6.45, 7) is 2.43. The molecule has 6 nitrogen and oxygen atoms in total. The van der Waals surface area contributed by atoms with Crippen LogP contribution in [0.15, 0.2) is 59.5 Å². The predicted octanol–water partition coefficient (Wildman–Crippen LogP) is 3.62. The highest BCUT2D eigenvalue weighted by molar-refractivity contribution is 9.10. The second kappa shape index (κ2) is 7.85. The second-order valence-corrected chi connectivity index (χ2v) is 6.27. The van der Waals surface area contributed by atoms with Crippen LogP contribution in [0.3, 0.4) is 0 Å². The van der Waals surface area contributed by atoms with E-state index in [1.807, 2.05) is 37.3 Å². The van der Waals surface area contributed by atoms with Gasteiger partial charge >= 0.3 is 0 Å². The minimum absolute atomic E-state index is 0.259. The lowest BCUT2D eigenvalue weighted by atomic mass is 10.2. The maximum Gasteiger partial charge on any atom is 0.270 e. The lowest BCUT2D eigenvalue weighted by molar-refractivity contribution is 0.0946.